The van der Waals surface area contributed by atoms with Crippen molar-refractivity contribution in [2.75, 3.05) is 6.54 Å². The number of benzene rings is 1. The summed E-state index contributed by atoms with van der Waals surface area (Å²) in [7, 11) is 0. The van der Waals surface area contributed by atoms with Gasteiger partial charge in [-0.25, -0.2) is 9.18 Å². The molecule has 4 nitrogen and oxygen atoms in total. The van der Waals surface area contributed by atoms with Gasteiger partial charge in [-0.3, -0.25) is 0 Å². The molecule has 0 aromatic heterocycles. The van der Waals surface area contributed by atoms with Gasteiger partial charge >= 0.3 is 6.03 Å². The van der Waals surface area contributed by atoms with Gasteiger partial charge in [0.1, 0.15) is 5.82 Å². The van der Waals surface area contributed by atoms with Crippen molar-refractivity contribution in [1.82, 2.24) is 10.6 Å². The Morgan fingerprint density at radius 3 is 2.80 bits per heavy atom. The quantitative estimate of drug-likeness (QED) is 0.748. The number of hydrogen-bond acceptors (Lipinski definition) is 2. The number of rotatable bonds is 4. The molecule has 0 spiro atoms. The number of nitrogens with one attached hydrogen (secondary N) is 2. The number of carbonyl (C=O) groups excluding carboxylic acids is 1. The fourth-order valence-corrected chi connectivity index (χ4v) is 2.12. The highest BCUT2D eigenvalue weighted by atomic mass is 35.5. The maximum atomic E-state index is 13.3. The molecular weight excluding hydrogens is 283 g/mol. The monoisotopic (exact) mass is 298 g/mol. The zero-order valence-corrected chi connectivity index (χ0v) is 11.5. The van der Waals surface area contributed by atoms with Crippen molar-refractivity contribution >= 4 is 17.6 Å². The van der Waals surface area contributed by atoms with E-state index in [1.165, 1.54) is 12.1 Å². The molecule has 20 heavy (non-hydrogen) atoms. The second-order valence-electron chi connectivity index (χ2n) is 4.68. The van der Waals surface area contributed by atoms with Crippen molar-refractivity contribution in [2.24, 2.45) is 0 Å². The summed E-state index contributed by atoms with van der Waals surface area (Å²) in [5, 5.41) is 15.2. The summed E-state index contributed by atoms with van der Waals surface area (Å²) >= 11 is 5.57. The highest BCUT2D eigenvalue weighted by Crippen LogP contribution is 2.19. The third-order valence-electron chi connectivity index (χ3n) is 3.13. The molecule has 6 heteroatoms. The van der Waals surface area contributed by atoms with E-state index in [-0.39, 0.29) is 23.6 Å². The molecule has 0 radical (unpaired) electrons. The van der Waals surface area contributed by atoms with E-state index in [1.54, 1.807) is 0 Å². The number of aliphatic hydroxyl groups excluding tert-OH is 1. The van der Waals surface area contributed by atoms with Gasteiger partial charge in [-0.05, 0) is 30.5 Å². The van der Waals surface area contributed by atoms with E-state index in [0.29, 0.717) is 5.56 Å². The van der Waals surface area contributed by atoms with Crippen LogP contribution in [0.4, 0.5) is 9.18 Å². The number of amides is 2. The van der Waals surface area contributed by atoms with Crippen molar-refractivity contribution in [3.63, 3.8) is 0 Å². The molecule has 0 heterocycles. The highest BCUT2D eigenvalue weighted by Gasteiger charge is 2.15. The van der Waals surface area contributed by atoms with E-state index in [4.69, 9.17) is 11.6 Å². The van der Waals surface area contributed by atoms with Crippen LogP contribution < -0.4 is 10.6 Å². The summed E-state index contributed by atoms with van der Waals surface area (Å²) in [6.07, 6.45) is 4.68. The summed E-state index contributed by atoms with van der Waals surface area (Å²) in [4.78, 5) is 11.6. The van der Waals surface area contributed by atoms with Crippen LogP contribution in [0, 0.1) is 5.82 Å². The van der Waals surface area contributed by atoms with Gasteiger partial charge in [-0.2, -0.15) is 0 Å². The van der Waals surface area contributed by atoms with E-state index in [2.05, 4.69) is 10.6 Å². The largest absolute Gasteiger partial charge is 0.387 e. The minimum Gasteiger partial charge on any atom is -0.387 e. The molecule has 1 aromatic carbocycles. The van der Waals surface area contributed by atoms with Crippen LogP contribution in [0.3, 0.4) is 0 Å². The second kappa shape index (κ2) is 6.72. The van der Waals surface area contributed by atoms with Crippen molar-refractivity contribution < 1.29 is 14.3 Å². The van der Waals surface area contributed by atoms with Gasteiger partial charge in [0.05, 0.1) is 11.1 Å². The van der Waals surface area contributed by atoms with Crippen molar-refractivity contribution in [1.29, 1.82) is 0 Å². The Hall–Kier alpha value is -1.59. The summed E-state index contributed by atoms with van der Waals surface area (Å²) in [6, 6.07) is 3.83. The van der Waals surface area contributed by atoms with Crippen LogP contribution in [0.25, 0.3) is 0 Å². The van der Waals surface area contributed by atoms with E-state index in [1.807, 2.05) is 12.2 Å². The molecule has 0 fully saturated rings. The fourth-order valence-electron chi connectivity index (χ4n) is 2.00. The first-order valence-corrected chi connectivity index (χ1v) is 6.76. The molecule has 1 aromatic rings. The van der Waals surface area contributed by atoms with Gasteiger partial charge in [0.25, 0.3) is 0 Å². The first-order valence-electron chi connectivity index (χ1n) is 6.38. The molecule has 3 N–H and O–H groups in total. The van der Waals surface area contributed by atoms with Gasteiger partial charge in [-0.15, -0.1) is 0 Å². The Morgan fingerprint density at radius 1 is 1.45 bits per heavy atom. The highest BCUT2D eigenvalue weighted by molar-refractivity contribution is 6.30. The number of aliphatic hydroxyl groups is 1. The molecule has 0 unspecified atom stereocenters. The molecule has 1 aliphatic carbocycles. The van der Waals surface area contributed by atoms with Crippen molar-refractivity contribution in [3.8, 4) is 0 Å². The fraction of sp³-hybridized carbons (Fsp3) is 0.357. The Balaban J connectivity index is 1.80. The topological polar surface area (TPSA) is 61.4 Å². The van der Waals surface area contributed by atoms with E-state index in [9.17, 15) is 14.3 Å². The SMILES string of the molecule is O=C(NC[C@@H](O)c1ccc(Cl)c(F)c1)NC1CC=CC1. The maximum absolute atomic E-state index is 13.3. The average Bonchev–Trinajstić information content (AvgIpc) is 2.92. The molecule has 0 saturated carbocycles. The number of urea groups is 1. The van der Waals surface area contributed by atoms with Crippen LogP contribution in [-0.2, 0) is 0 Å². The third kappa shape index (κ3) is 3.95. The molecule has 2 amide bonds. The average molecular weight is 299 g/mol. The minimum atomic E-state index is -0.978. The summed E-state index contributed by atoms with van der Waals surface area (Å²) in [6.45, 7) is 0.00700. The van der Waals surface area contributed by atoms with Gasteiger partial charge in [-0.1, -0.05) is 29.8 Å². The lowest BCUT2D eigenvalue weighted by Crippen LogP contribution is -2.42. The lowest BCUT2D eigenvalue weighted by Gasteiger charge is -2.16. The van der Waals surface area contributed by atoms with Gasteiger partial charge in [0, 0.05) is 12.6 Å². The Bertz CT molecular complexity index is 514. The number of hydrogen-bond donors (Lipinski definition) is 3. The van der Waals surface area contributed by atoms with Gasteiger partial charge in [0.2, 0.25) is 0 Å². The van der Waals surface area contributed by atoms with Crippen LogP contribution in [0.2, 0.25) is 5.02 Å². The predicted octanol–water partition coefficient (Wildman–Crippen LogP) is 2.53. The van der Waals surface area contributed by atoms with Crippen molar-refractivity contribution in [3.05, 3.63) is 46.8 Å². The number of halogens is 2. The normalized spacial score (nSPS) is 16.1. The van der Waals surface area contributed by atoms with Crippen LogP contribution in [0.5, 0.6) is 0 Å². The summed E-state index contributed by atoms with van der Waals surface area (Å²) in [5.74, 6) is -0.593. The molecule has 0 aliphatic heterocycles. The van der Waals surface area contributed by atoms with Gasteiger partial charge < -0.3 is 15.7 Å². The maximum Gasteiger partial charge on any atom is 0.315 e. The lowest BCUT2D eigenvalue weighted by atomic mass is 10.1. The zero-order chi connectivity index (χ0) is 14.5. The molecule has 0 bridgehead atoms. The lowest BCUT2D eigenvalue weighted by molar-refractivity contribution is 0.172. The summed E-state index contributed by atoms with van der Waals surface area (Å²) in [5.41, 5.74) is 0.370. The molecule has 1 aliphatic rings. The Morgan fingerprint density at radius 2 is 2.15 bits per heavy atom. The number of carbonyl (C=O) groups is 1. The molecule has 2 rings (SSSR count). The molecular formula is C14H16ClFN2O2. The Labute approximate surface area is 121 Å². The van der Waals surface area contributed by atoms with E-state index < -0.39 is 11.9 Å². The van der Waals surface area contributed by atoms with E-state index in [0.717, 1.165) is 18.9 Å². The van der Waals surface area contributed by atoms with Gasteiger partial charge in [0.15, 0.2) is 0 Å². The van der Waals surface area contributed by atoms with Crippen LogP contribution >= 0.6 is 11.6 Å². The van der Waals surface area contributed by atoms with Crippen molar-refractivity contribution in [2.45, 2.75) is 25.0 Å². The third-order valence-corrected chi connectivity index (χ3v) is 3.43. The van der Waals surface area contributed by atoms with E-state index >= 15 is 0 Å². The minimum absolute atomic E-state index is 0.000357. The van der Waals surface area contributed by atoms with Crippen LogP contribution in [0.1, 0.15) is 24.5 Å². The predicted molar refractivity (Wildman–Crippen MR) is 75.1 cm³/mol. The molecule has 108 valence electrons. The zero-order valence-electron chi connectivity index (χ0n) is 10.8. The van der Waals surface area contributed by atoms with Crippen LogP contribution in [-0.4, -0.2) is 23.7 Å². The Kier molecular flexibility index (Phi) is 4.98. The van der Waals surface area contributed by atoms with Crippen LogP contribution in [0.15, 0.2) is 30.4 Å². The first kappa shape index (κ1) is 14.8. The first-order chi connectivity index (χ1) is 9.56. The molecule has 1 atom stereocenters. The molecule has 0 saturated heterocycles. The standard InChI is InChI=1S/C14H16ClFN2O2/c15-11-6-5-9(7-12(11)16)13(19)8-17-14(20)18-10-3-1-2-4-10/h1-2,5-7,10,13,19H,3-4,8H2,(H2,17,18,20)/t13-/m1/s1. The summed E-state index contributed by atoms with van der Waals surface area (Å²) < 4.78 is 13.3. The smallest absolute Gasteiger partial charge is 0.315 e. The second-order valence-corrected chi connectivity index (χ2v) is 5.09.